The molecule has 1 rings (SSSR count). The molecule has 0 fully saturated rings. The van der Waals surface area contributed by atoms with Crippen molar-refractivity contribution in [1.82, 2.24) is 10.2 Å². The van der Waals surface area contributed by atoms with Gasteiger partial charge in [0.2, 0.25) is 0 Å². The van der Waals surface area contributed by atoms with Crippen molar-refractivity contribution >= 4 is 11.6 Å². The fraction of sp³-hybridized carbons (Fsp3) is 0.286. The summed E-state index contributed by atoms with van der Waals surface area (Å²) in [5, 5.41) is 5.64. The molecule has 0 bridgehead atoms. The molecule has 0 aliphatic heterocycles. The fourth-order valence-corrected chi connectivity index (χ4v) is 1.01. The van der Waals surface area contributed by atoms with Crippen LogP contribution in [0.5, 0.6) is 0 Å². The van der Waals surface area contributed by atoms with Gasteiger partial charge in [0.05, 0.1) is 0 Å². The zero-order valence-corrected chi connectivity index (χ0v) is 6.96. The minimum absolute atomic E-state index is 0.121. The highest BCUT2D eigenvalue weighted by molar-refractivity contribution is 6.29. The highest BCUT2D eigenvalue weighted by Crippen LogP contribution is 2.07. The van der Waals surface area contributed by atoms with Gasteiger partial charge in [0.15, 0.2) is 0 Å². The molecule has 0 unspecified atom stereocenters. The summed E-state index contributed by atoms with van der Waals surface area (Å²) in [5.41, 5.74) is 1.35. The average molecular weight is 173 g/mol. The summed E-state index contributed by atoms with van der Waals surface area (Å²) in [7, 11) is 0. The van der Waals surface area contributed by atoms with Crippen LogP contribution in [-0.4, -0.2) is 10.2 Å². The second kappa shape index (κ2) is 2.96. The van der Waals surface area contributed by atoms with Crippen LogP contribution in [0.2, 0.25) is 0 Å². The lowest BCUT2D eigenvalue weighted by Gasteiger charge is -1.92. The maximum Gasteiger partial charge on any atom is 0.267 e. The van der Waals surface area contributed by atoms with Crippen LogP contribution < -0.4 is 5.56 Å². The Morgan fingerprint density at radius 1 is 1.64 bits per heavy atom. The van der Waals surface area contributed by atoms with Crippen molar-refractivity contribution in [1.29, 1.82) is 0 Å². The van der Waals surface area contributed by atoms with Crippen LogP contribution in [0.1, 0.15) is 11.3 Å². The molecule has 60 valence electrons. The number of rotatable bonds is 2. The molecule has 11 heavy (non-hydrogen) atoms. The Morgan fingerprint density at radius 3 is 2.64 bits per heavy atom. The topological polar surface area (TPSA) is 48.6 Å². The molecule has 0 aliphatic rings. The van der Waals surface area contributed by atoms with Gasteiger partial charge in [-0.2, -0.15) is 0 Å². The second-order valence-corrected chi connectivity index (χ2v) is 2.91. The van der Waals surface area contributed by atoms with Gasteiger partial charge in [0.25, 0.3) is 5.56 Å². The Kier molecular flexibility index (Phi) is 2.19. The number of aromatic nitrogens is 2. The van der Waals surface area contributed by atoms with E-state index in [1.165, 1.54) is 0 Å². The van der Waals surface area contributed by atoms with E-state index in [-0.39, 0.29) is 5.56 Å². The van der Waals surface area contributed by atoms with Gasteiger partial charge in [0, 0.05) is 22.7 Å². The number of allylic oxidation sites excluding steroid dienone is 1. The molecule has 1 aromatic heterocycles. The summed E-state index contributed by atoms with van der Waals surface area (Å²) >= 11 is 5.55. The number of hydrogen-bond donors (Lipinski definition) is 2. The van der Waals surface area contributed by atoms with E-state index in [0.717, 1.165) is 5.69 Å². The Labute approximate surface area is 69.1 Å². The van der Waals surface area contributed by atoms with Crippen molar-refractivity contribution in [3.63, 3.8) is 0 Å². The lowest BCUT2D eigenvalue weighted by molar-refractivity contribution is 1.02. The van der Waals surface area contributed by atoms with E-state index in [9.17, 15) is 4.79 Å². The van der Waals surface area contributed by atoms with E-state index in [2.05, 4.69) is 16.8 Å². The molecular weight excluding hydrogens is 164 g/mol. The van der Waals surface area contributed by atoms with Crippen molar-refractivity contribution in [3.05, 3.63) is 33.2 Å². The first-order chi connectivity index (χ1) is 5.11. The molecule has 0 atom stereocenters. The molecule has 0 aliphatic carbocycles. The standard InChI is InChI=1S/C7H9ClN2O/c1-4(8)3-6-5(2)9-10-7(6)11/h1,3H2,2H3,(H2,9,10,11). The molecule has 1 aromatic rings. The zero-order chi connectivity index (χ0) is 8.43. The van der Waals surface area contributed by atoms with E-state index >= 15 is 0 Å². The number of aryl methyl sites for hydroxylation is 1. The van der Waals surface area contributed by atoms with E-state index < -0.39 is 0 Å². The smallest absolute Gasteiger partial charge is 0.267 e. The van der Waals surface area contributed by atoms with Gasteiger partial charge < -0.3 is 5.10 Å². The highest BCUT2D eigenvalue weighted by Gasteiger charge is 2.05. The molecule has 1 heterocycles. The highest BCUT2D eigenvalue weighted by atomic mass is 35.5. The minimum Gasteiger partial charge on any atom is -0.302 e. The lowest BCUT2D eigenvalue weighted by atomic mass is 10.2. The molecule has 0 spiro atoms. The Morgan fingerprint density at radius 2 is 2.27 bits per heavy atom. The van der Waals surface area contributed by atoms with Gasteiger partial charge in [-0.05, 0) is 6.92 Å². The Hall–Kier alpha value is -0.960. The first-order valence-electron chi connectivity index (χ1n) is 3.20. The molecule has 0 saturated heterocycles. The zero-order valence-electron chi connectivity index (χ0n) is 6.20. The van der Waals surface area contributed by atoms with Crippen LogP contribution in [-0.2, 0) is 6.42 Å². The SMILES string of the molecule is C=C(Cl)Cc1c(C)[nH][nH]c1=O. The molecule has 0 aromatic carbocycles. The molecule has 3 nitrogen and oxygen atoms in total. The summed E-state index contributed by atoms with van der Waals surface area (Å²) < 4.78 is 0. The third-order valence-corrected chi connectivity index (χ3v) is 1.59. The lowest BCUT2D eigenvalue weighted by Crippen LogP contribution is -2.05. The first kappa shape index (κ1) is 8.14. The maximum atomic E-state index is 11.0. The number of halogens is 1. The van der Waals surface area contributed by atoms with Crippen LogP contribution in [0, 0.1) is 6.92 Å². The number of H-pyrrole nitrogens is 2. The number of hydrogen-bond acceptors (Lipinski definition) is 1. The summed E-state index contributed by atoms with van der Waals surface area (Å²) in [6.45, 7) is 5.32. The molecule has 0 amide bonds. The van der Waals surface area contributed by atoms with Gasteiger partial charge in [-0.3, -0.25) is 9.89 Å². The van der Waals surface area contributed by atoms with Gasteiger partial charge in [0.1, 0.15) is 0 Å². The van der Waals surface area contributed by atoms with Crippen LogP contribution in [0.3, 0.4) is 0 Å². The quantitative estimate of drug-likeness (QED) is 0.694. The van der Waals surface area contributed by atoms with Crippen LogP contribution in [0.15, 0.2) is 16.4 Å². The number of nitrogens with one attached hydrogen (secondary N) is 2. The normalized spacial score (nSPS) is 10.0. The van der Waals surface area contributed by atoms with E-state index in [4.69, 9.17) is 11.6 Å². The Bertz CT molecular complexity index is 323. The molecule has 0 saturated carbocycles. The van der Waals surface area contributed by atoms with E-state index in [1.54, 1.807) is 0 Å². The summed E-state index contributed by atoms with van der Waals surface area (Å²) in [5.74, 6) is 0. The fourth-order valence-electron chi connectivity index (χ4n) is 0.876. The minimum atomic E-state index is -0.121. The van der Waals surface area contributed by atoms with Gasteiger partial charge in [-0.1, -0.05) is 18.2 Å². The van der Waals surface area contributed by atoms with Crippen LogP contribution in [0.25, 0.3) is 0 Å². The van der Waals surface area contributed by atoms with Crippen molar-refractivity contribution in [2.75, 3.05) is 0 Å². The average Bonchev–Trinajstić information content (AvgIpc) is 2.18. The van der Waals surface area contributed by atoms with Crippen molar-refractivity contribution in [3.8, 4) is 0 Å². The third kappa shape index (κ3) is 1.74. The number of aromatic amines is 2. The van der Waals surface area contributed by atoms with Gasteiger partial charge >= 0.3 is 0 Å². The summed E-state index contributed by atoms with van der Waals surface area (Å²) in [6, 6.07) is 0. The van der Waals surface area contributed by atoms with Gasteiger partial charge in [-0.25, -0.2) is 0 Å². The molecular formula is C7H9ClN2O. The largest absolute Gasteiger partial charge is 0.302 e. The van der Waals surface area contributed by atoms with Crippen molar-refractivity contribution in [2.24, 2.45) is 0 Å². The van der Waals surface area contributed by atoms with Gasteiger partial charge in [-0.15, -0.1) is 0 Å². The van der Waals surface area contributed by atoms with Crippen LogP contribution >= 0.6 is 11.6 Å². The van der Waals surface area contributed by atoms with Crippen molar-refractivity contribution in [2.45, 2.75) is 13.3 Å². The monoisotopic (exact) mass is 172 g/mol. The van der Waals surface area contributed by atoms with E-state index in [1.807, 2.05) is 6.92 Å². The second-order valence-electron chi connectivity index (χ2n) is 2.38. The maximum absolute atomic E-state index is 11.0. The van der Waals surface area contributed by atoms with E-state index in [0.29, 0.717) is 17.0 Å². The Balaban J connectivity index is 3.01. The predicted octanol–water partition coefficient (Wildman–Crippen LogP) is 1.31. The van der Waals surface area contributed by atoms with Crippen LogP contribution in [0.4, 0.5) is 0 Å². The molecule has 0 radical (unpaired) electrons. The first-order valence-corrected chi connectivity index (χ1v) is 3.58. The summed E-state index contributed by atoms with van der Waals surface area (Å²) in [6.07, 6.45) is 0.423. The van der Waals surface area contributed by atoms with Crippen molar-refractivity contribution < 1.29 is 0 Å². The predicted molar refractivity (Wildman–Crippen MR) is 44.8 cm³/mol. The molecule has 4 heteroatoms. The summed E-state index contributed by atoms with van der Waals surface area (Å²) in [4.78, 5) is 11.0. The molecule has 2 N–H and O–H groups in total. The third-order valence-electron chi connectivity index (χ3n) is 1.46.